The molecule has 0 saturated heterocycles. The van der Waals surface area contributed by atoms with Crippen molar-refractivity contribution in [3.05, 3.63) is 5.32 Å². The topological polar surface area (TPSA) is 38.5 Å². The largest absolute Gasteiger partial charge is 0.440 e. The molecule has 0 aliphatic rings. The Balaban J connectivity index is 3.55. The third-order valence-corrected chi connectivity index (χ3v) is 1.03. The number of nitrogens with one attached hydrogen (secondary N) is 1. The van der Waals surface area contributed by atoms with Crippen molar-refractivity contribution in [1.82, 2.24) is 5.32 Å². The summed E-state index contributed by atoms with van der Waals surface area (Å²) in [5.74, 6) is 0.768. The minimum Gasteiger partial charge on any atom is -0.440 e. The van der Waals surface area contributed by atoms with E-state index in [4.69, 9.17) is 0 Å². The van der Waals surface area contributed by atoms with Gasteiger partial charge in [-0.2, -0.15) is 0 Å². The lowest BCUT2D eigenvalue weighted by molar-refractivity contribution is 0.897. The number of rotatable bonds is 3. The number of nitrogens with zero attached hydrogens (tertiary/aromatic N) is 2. The lowest BCUT2D eigenvalue weighted by Gasteiger charge is -2.15. The fourth-order valence-corrected chi connectivity index (χ4v) is 0.581. The highest BCUT2D eigenvalue weighted by Gasteiger charge is 1.77. The highest BCUT2D eigenvalue weighted by Crippen LogP contribution is 1.85. The fourth-order valence-electron chi connectivity index (χ4n) is 0.581. The molecule has 0 aliphatic heterocycles. The molecule has 3 heteroatoms. The predicted molar refractivity (Wildman–Crippen MR) is 45.6 cm³/mol. The minimum absolute atomic E-state index is 0.768. The molecule has 60 valence electrons. The number of hydrogen-bond acceptors (Lipinski definition) is 1. The highest BCUT2D eigenvalue weighted by atomic mass is 15.1. The zero-order chi connectivity index (χ0) is 7.82. The van der Waals surface area contributed by atoms with E-state index < -0.39 is 0 Å². The molecule has 0 atom stereocenters. The van der Waals surface area contributed by atoms with Crippen molar-refractivity contribution in [2.24, 2.45) is 4.99 Å². The molecule has 0 unspecified atom stereocenters. The second kappa shape index (κ2) is 6.39. The van der Waals surface area contributed by atoms with Crippen LogP contribution in [-0.2, 0) is 0 Å². The van der Waals surface area contributed by atoms with Crippen molar-refractivity contribution in [3.8, 4) is 0 Å². The van der Waals surface area contributed by atoms with Crippen LogP contribution in [0.4, 0.5) is 0 Å². The summed E-state index contributed by atoms with van der Waals surface area (Å²) in [5, 5.41) is 7.00. The van der Waals surface area contributed by atoms with E-state index >= 15 is 0 Å². The van der Waals surface area contributed by atoms with Crippen LogP contribution in [0.25, 0.3) is 5.32 Å². The van der Waals surface area contributed by atoms with Gasteiger partial charge in [0.2, 0.25) is 0 Å². The van der Waals surface area contributed by atoms with Gasteiger partial charge < -0.3 is 15.6 Å². The Morgan fingerprint density at radius 1 is 1.50 bits per heavy atom. The third kappa shape index (κ3) is 4.18. The van der Waals surface area contributed by atoms with Crippen LogP contribution in [0, 0.1) is 0 Å². The van der Waals surface area contributed by atoms with E-state index in [-0.39, 0.29) is 0 Å². The number of hydrogen-bond donors (Lipinski definition) is 1. The maximum atomic E-state index is 4.19. The van der Waals surface area contributed by atoms with E-state index in [2.05, 4.69) is 22.5 Å². The van der Waals surface area contributed by atoms with Crippen molar-refractivity contribution >= 4 is 5.96 Å². The molecular formula is C7H16N3-. The Morgan fingerprint density at radius 2 is 2.20 bits per heavy atom. The zero-order valence-electron chi connectivity index (χ0n) is 7.02. The molecule has 0 heterocycles. The first-order valence-electron chi connectivity index (χ1n) is 3.73. The minimum atomic E-state index is 0.768. The molecule has 0 rings (SSSR count). The van der Waals surface area contributed by atoms with E-state index in [0.717, 1.165) is 25.5 Å². The van der Waals surface area contributed by atoms with Crippen LogP contribution in [-0.4, -0.2) is 26.1 Å². The van der Waals surface area contributed by atoms with Gasteiger partial charge in [0.25, 0.3) is 0 Å². The molecule has 0 aliphatic carbocycles. The van der Waals surface area contributed by atoms with Crippen molar-refractivity contribution in [2.75, 3.05) is 20.1 Å². The van der Waals surface area contributed by atoms with Gasteiger partial charge in [0.15, 0.2) is 0 Å². The third-order valence-electron chi connectivity index (χ3n) is 1.03. The normalized spacial score (nSPS) is 11.3. The molecule has 0 spiro atoms. The van der Waals surface area contributed by atoms with Crippen LogP contribution in [0.5, 0.6) is 0 Å². The molecule has 0 bridgehead atoms. The van der Waals surface area contributed by atoms with E-state index in [1.165, 1.54) is 0 Å². The average molecular weight is 142 g/mol. The molecule has 10 heavy (non-hydrogen) atoms. The Hall–Kier alpha value is -0.730. The van der Waals surface area contributed by atoms with Crippen LogP contribution in [0.3, 0.4) is 0 Å². The summed E-state index contributed by atoms with van der Waals surface area (Å²) in [4.78, 5) is 4.19. The lowest BCUT2D eigenvalue weighted by atomic mass is 10.5. The van der Waals surface area contributed by atoms with Gasteiger partial charge in [-0.15, -0.1) is 0 Å². The second-order valence-corrected chi connectivity index (χ2v) is 1.96. The lowest BCUT2D eigenvalue weighted by Crippen LogP contribution is -2.21. The van der Waals surface area contributed by atoms with Crippen molar-refractivity contribution in [1.29, 1.82) is 0 Å². The fraction of sp³-hybridized carbons (Fsp3) is 0.857. The SMILES string of the molecule is CCCN=C([N-]C)NCC. The second-order valence-electron chi connectivity index (χ2n) is 1.96. The van der Waals surface area contributed by atoms with Gasteiger partial charge in [0.05, 0.1) is 0 Å². The molecule has 0 aromatic carbocycles. The van der Waals surface area contributed by atoms with Gasteiger partial charge in [0.1, 0.15) is 0 Å². The molecule has 0 fully saturated rings. The molecular weight excluding hydrogens is 126 g/mol. The Kier molecular flexibility index (Phi) is 5.92. The van der Waals surface area contributed by atoms with Crippen LogP contribution < -0.4 is 5.32 Å². The van der Waals surface area contributed by atoms with Crippen molar-refractivity contribution in [2.45, 2.75) is 20.3 Å². The summed E-state index contributed by atoms with van der Waals surface area (Å²) < 4.78 is 0. The maximum absolute atomic E-state index is 4.19. The van der Waals surface area contributed by atoms with E-state index in [9.17, 15) is 0 Å². The zero-order valence-corrected chi connectivity index (χ0v) is 7.02. The van der Waals surface area contributed by atoms with Crippen LogP contribution in [0.15, 0.2) is 4.99 Å². The summed E-state index contributed by atoms with van der Waals surface area (Å²) in [7, 11) is 1.75. The van der Waals surface area contributed by atoms with Gasteiger partial charge in [-0.3, -0.25) is 0 Å². The van der Waals surface area contributed by atoms with Gasteiger partial charge in [-0.1, -0.05) is 20.3 Å². The molecule has 1 N–H and O–H groups in total. The Morgan fingerprint density at radius 3 is 2.60 bits per heavy atom. The number of guanidine groups is 1. The highest BCUT2D eigenvalue weighted by molar-refractivity contribution is 5.91. The molecule has 0 radical (unpaired) electrons. The first kappa shape index (κ1) is 9.27. The summed E-state index contributed by atoms with van der Waals surface area (Å²) in [6.07, 6.45) is 1.07. The Bertz CT molecular complexity index is 99.0. The van der Waals surface area contributed by atoms with Crippen LogP contribution in [0.1, 0.15) is 20.3 Å². The summed E-state index contributed by atoms with van der Waals surface area (Å²) in [6.45, 7) is 5.88. The van der Waals surface area contributed by atoms with E-state index in [1.54, 1.807) is 7.05 Å². The molecule has 3 nitrogen and oxygen atoms in total. The van der Waals surface area contributed by atoms with Gasteiger partial charge in [-0.25, -0.2) is 0 Å². The van der Waals surface area contributed by atoms with Gasteiger partial charge in [-0.05, 0) is 20.1 Å². The molecule has 0 aromatic rings. The summed E-state index contributed by atoms with van der Waals surface area (Å²) in [5.41, 5.74) is 0. The number of aliphatic imine (C=N–C) groups is 1. The molecule has 0 saturated carbocycles. The smallest absolute Gasteiger partial charge is 0.00590 e. The van der Waals surface area contributed by atoms with Crippen molar-refractivity contribution < 1.29 is 0 Å². The van der Waals surface area contributed by atoms with Gasteiger partial charge in [0, 0.05) is 5.96 Å². The van der Waals surface area contributed by atoms with Gasteiger partial charge >= 0.3 is 0 Å². The first-order chi connectivity index (χ1) is 4.85. The summed E-state index contributed by atoms with van der Waals surface area (Å²) in [6, 6.07) is 0. The standard InChI is InChI=1S/C7H16N3/c1-4-6-10-7(8-3)9-5-2/h4-6H2,1-3H3,(H-,8,9,10)/q-1. The van der Waals surface area contributed by atoms with Crippen molar-refractivity contribution in [3.63, 3.8) is 0 Å². The quantitative estimate of drug-likeness (QED) is 0.469. The van der Waals surface area contributed by atoms with E-state index in [1.807, 2.05) is 6.92 Å². The predicted octanol–water partition coefficient (Wildman–Crippen LogP) is 1.37. The monoisotopic (exact) mass is 142 g/mol. The summed E-state index contributed by atoms with van der Waals surface area (Å²) >= 11 is 0. The first-order valence-corrected chi connectivity index (χ1v) is 3.73. The average Bonchev–Trinajstić information content (AvgIpc) is 1.98. The van der Waals surface area contributed by atoms with Crippen LogP contribution >= 0.6 is 0 Å². The molecule has 0 amide bonds. The Labute approximate surface area is 62.9 Å². The van der Waals surface area contributed by atoms with Crippen LogP contribution in [0.2, 0.25) is 0 Å². The maximum Gasteiger partial charge on any atom is 0.00590 e. The molecule has 0 aromatic heterocycles. The van der Waals surface area contributed by atoms with E-state index in [0.29, 0.717) is 0 Å².